The number of allylic oxidation sites excluding steroid dienone is 3. The molecule has 66 heavy (non-hydrogen) atoms. The fourth-order valence-electron chi connectivity index (χ4n) is 9.16. The molecule has 0 aromatic carbocycles. The van der Waals surface area contributed by atoms with E-state index in [-0.39, 0.29) is 18.5 Å². The summed E-state index contributed by atoms with van der Waals surface area (Å²) in [6.07, 6.45) is 67.7. The Labute approximate surface area is 411 Å². The summed E-state index contributed by atoms with van der Waals surface area (Å²) < 4.78 is 5.47. The van der Waals surface area contributed by atoms with Crippen LogP contribution in [0.15, 0.2) is 24.3 Å². The van der Waals surface area contributed by atoms with Crippen LogP contribution in [0.3, 0.4) is 0 Å². The minimum atomic E-state index is -0.852. The number of rotatable bonds is 55. The molecule has 0 aliphatic rings. The van der Waals surface area contributed by atoms with Gasteiger partial charge in [-0.3, -0.25) is 9.59 Å². The molecule has 0 bridgehead atoms. The van der Waals surface area contributed by atoms with Crippen LogP contribution in [0.25, 0.3) is 0 Å². The third-order valence-electron chi connectivity index (χ3n) is 13.7. The van der Waals surface area contributed by atoms with E-state index in [0.29, 0.717) is 19.4 Å². The van der Waals surface area contributed by atoms with Gasteiger partial charge in [0.1, 0.15) is 0 Å². The minimum absolute atomic E-state index is 0.0108. The van der Waals surface area contributed by atoms with Crippen molar-refractivity contribution in [3.63, 3.8) is 0 Å². The predicted octanol–water partition coefficient (Wildman–Crippen LogP) is 18.2. The second-order valence-corrected chi connectivity index (χ2v) is 20.3. The molecule has 0 radical (unpaired) electrons. The van der Waals surface area contributed by atoms with Crippen molar-refractivity contribution >= 4 is 11.9 Å². The average Bonchev–Trinajstić information content (AvgIpc) is 3.32. The molecule has 0 spiro atoms. The lowest BCUT2D eigenvalue weighted by molar-refractivity contribution is -0.143. The van der Waals surface area contributed by atoms with Crippen molar-refractivity contribution in [3.8, 4) is 0 Å². The second-order valence-electron chi connectivity index (χ2n) is 20.3. The van der Waals surface area contributed by atoms with Crippen LogP contribution in [0, 0.1) is 0 Å². The Morgan fingerprint density at radius 1 is 0.409 bits per heavy atom. The molecule has 0 aliphatic heterocycles. The van der Waals surface area contributed by atoms with Gasteiger partial charge < -0.3 is 20.3 Å². The van der Waals surface area contributed by atoms with Crippen molar-refractivity contribution in [1.29, 1.82) is 0 Å². The largest absolute Gasteiger partial charge is 0.466 e. The number of unbranched alkanes of at least 4 members (excludes halogenated alkanes) is 42. The number of ether oxygens (including phenoxy) is 1. The SMILES string of the molecule is CCCCCCCC/C=C\CCCCCCCC(=O)OCCCCCCCCCCCCCCCCC(=O)NC(CO)C(O)/C=C/CCCCCCCCCCCCCCCCCCCC. The van der Waals surface area contributed by atoms with Crippen molar-refractivity contribution in [2.45, 2.75) is 334 Å². The summed E-state index contributed by atoms with van der Waals surface area (Å²) in [6.45, 7) is 4.89. The van der Waals surface area contributed by atoms with Crippen molar-refractivity contribution in [3.05, 3.63) is 24.3 Å². The summed E-state index contributed by atoms with van der Waals surface area (Å²) in [6, 6.07) is -0.636. The van der Waals surface area contributed by atoms with Gasteiger partial charge in [-0.15, -0.1) is 0 Å². The summed E-state index contributed by atoms with van der Waals surface area (Å²) in [4.78, 5) is 24.5. The number of esters is 1. The van der Waals surface area contributed by atoms with E-state index in [2.05, 4.69) is 31.3 Å². The molecule has 0 aromatic heterocycles. The highest BCUT2D eigenvalue weighted by Crippen LogP contribution is 2.17. The highest BCUT2D eigenvalue weighted by Gasteiger charge is 2.18. The molecule has 3 N–H and O–H groups in total. The van der Waals surface area contributed by atoms with Gasteiger partial charge in [0.2, 0.25) is 5.91 Å². The molecule has 0 heterocycles. The Morgan fingerprint density at radius 2 is 0.712 bits per heavy atom. The Morgan fingerprint density at radius 3 is 1.08 bits per heavy atom. The number of carbonyl (C=O) groups excluding carboxylic acids is 2. The lowest BCUT2D eigenvalue weighted by Gasteiger charge is -2.20. The van der Waals surface area contributed by atoms with Crippen LogP contribution in [0.1, 0.15) is 322 Å². The zero-order valence-corrected chi connectivity index (χ0v) is 44.4. The van der Waals surface area contributed by atoms with Gasteiger partial charge in [-0.05, 0) is 57.8 Å². The molecule has 1 amide bonds. The molecule has 0 rings (SSSR count). The summed E-state index contributed by atoms with van der Waals surface area (Å²) in [5, 5.41) is 23.2. The number of aliphatic hydroxyl groups excluding tert-OH is 2. The van der Waals surface area contributed by atoms with Crippen molar-refractivity contribution in [2.75, 3.05) is 13.2 Å². The molecule has 6 nitrogen and oxygen atoms in total. The van der Waals surface area contributed by atoms with Gasteiger partial charge in [0, 0.05) is 12.8 Å². The maximum atomic E-state index is 12.5. The van der Waals surface area contributed by atoms with Crippen LogP contribution in [-0.2, 0) is 14.3 Å². The normalized spacial score (nSPS) is 12.7. The van der Waals surface area contributed by atoms with Crippen LogP contribution in [0.4, 0.5) is 0 Å². The van der Waals surface area contributed by atoms with E-state index in [4.69, 9.17) is 4.74 Å². The van der Waals surface area contributed by atoms with Gasteiger partial charge in [-0.1, -0.05) is 276 Å². The average molecular weight is 931 g/mol. The second kappa shape index (κ2) is 55.9. The topological polar surface area (TPSA) is 95.9 Å². The number of aliphatic hydroxyl groups is 2. The standard InChI is InChI=1S/C60H115NO5/c1-3-5-7-9-11-13-15-17-19-20-21-22-23-25-28-32-36-40-44-48-52-58(63)57(56-62)61-59(64)53-49-45-41-37-33-29-26-27-31-35-39-43-47-51-55-66-60(65)54-50-46-42-38-34-30-24-18-16-14-12-10-8-6-4-2/h18,24,48,52,57-58,62-63H,3-17,19-23,25-47,49-51,53-56H2,1-2H3,(H,61,64)/b24-18-,52-48+. The van der Waals surface area contributed by atoms with Crippen LogP contribution < -0.4 is 5.32 Å². The van der Waals surface area contributed by atoms with Gasteiger partial charge in [0.15, 0.2) is 0 Å². The van der Waals surface area contributed by atoms with Gasteiger partial charge in [0.25, 0.3) is 0 Å². The van der Waals surface area contributed by atoms with Gasteiger partial charge in [-0.25, -0.2) is 0 Å². The molecule has 6 heteroatoms. The van der Waals surface area contributed by atoms with Crippen molar-refractivity contribution < 1.29 is 24.5 Å². The van der Waals surface area contributed by atoms with Crippen LogP contribution in [0.5, 0.6) is 0 Å². The van der Waals surface area contributed by atoms with E-state index in [1.54, 1.807) is 6.08 Å². The monoisotopic (exact) mass is 930 g/mol. The summed E-state index contributed by atoms with van der Waals surface area (Å²) in [5.41, 5.74) is 0. The third-order valence-corrected chi connectivity index (χ3v) is 13.7. The van der Waals surface area contributed by atoms with Gasteiger partial charge in [0.05, 0.1) is 25.4 Å². The molecular weight excluding hydrogens is 815 g/mol. The quantitative estimate of drug-likeness (QED) is 0.0321. The predicted molar refractivity (Wildman–Crippen MR) is 287 cm³/mol. The maximum Gasteiger partial charge on any atom is 0.305 e. The zero-order valence-electron chi connectivity index (χ0n) is 44.4. The Balaban J connectivity index is 3.47. The van der Waals surface area contributed by atoms with Crippen LogP contribution >= 0.6 is 0 Å². The lowest BCUT2D eigenvalue weighted by atomic mass is 10.0. The molecule has 0 saturated carbocycles. The molecular formula is C60H115NO5. The van der Waals surface area contributed by atoms with E-state index in [1.807, 2.05) is 6.08 Å². The first-order valence-corrected chi connectivity index (χ1v) is 29.6. The first kappa shape index (κ1) is 64.3. The summed E-state index contributed by atoms with van der Waals surface area (Å²) >= 11 is 0. The Hall–Kier alpha value is -1.66. The van der Waals surface area contributed by atoms with Gasteiger partial charge >= 0.3 is 5.97 Å². The summed E-state index contributed by atoms with van der Waals surface area (Å²) in [7, 11) is 0. The van der Waals surface area contributed by atoms with E-state index < -0.39 is 12.1 Å². The number of nitrogens with one attached hydrogen (secondary N) is 1. The molecule has 2 unspecified atom stereocenters. The fourth-order valence-corrected chi connectivity index (χ4v) is 9.16. The fraction of sp³-hybridized carbons (Fsp3) is 0.900. The molecule has 390 valence electrons. The minimum Gasteiger partial charge on any atom is -0.466 e. The molecule has 0 aliphatic carbocycles. The number of amides is 1. The Bertz CT molecular complexity index is 1030. The third kappa shape index (κ3) is 51.7. The maximum absolute atomic E-state index is 12.5. The highest BCUT2D eigenvalue weighted by molar-refractivity contribution is 5.76. The zero-order chi connectivity index (χ0) is 47.9. The van der Waals surface area contributed by atoms with E-state index >= 15 is 0 Å². The number of carbonyl (C=O) groups is 2. The number of hydrogen-bond donors (Lipinski definition) is 3. The molecule has 0 fully saturated rings. The van der Waals surface area contributed by atoms with Crippen LogP contribution in [0.2, 0.25) is 0 Å². The van der Waals surface area contributed by atoms with E-state index in [1.165, 1.54) is 238 Å². The first-order valence-electron chi connectivity index (χ1n) is 29.6. The molecule has 0 saturated heterocycles. The molecule has 2 atom stereocenters. The van der Waals surface area contributed by atoms with Gasteiger partial charge in [-0.2, -0.15) is 0 Å². The van der Waals surface area contributed by atoms with E-state index in [9.17, 15) is 19.8 Å². The Kier molecular flexibility index (Phi) is 54.5. The van der Waals surface area contributed by atoms with Crippen molar-refractivity contribution in [2.24, 2.45) is 0 Å². The molecule has 0 aromatic rings. The highest BCUT2D eigenvalue weighted by atomic mass is 16.5. The number of hydrogen-bond acceptors (Lipinski definition) is 5. The smallest absolute Gasteiger partial charge is 0.305 e. The lowest BCUT2D eigenvalue weighted by Crippen LogP contribution is -2.45. The van der Waals surface area contributed by atoms with E-state index in [0.717, 1.165) is 57.8 Å². The van der Waals surface area contributed by atoms with Crippen molar-refractivity contribution in [1.82, 2.24) is 5.32 Å². The summed E-state index contributed by atoms with van der Waals surface area (Å²) in [5.74, 6) is -0.0870. The van der Waals surface area contributed by atoms with Crippen LogP contribution in [-0.4, -0.2) is 47.4 Å². The first-order chi connectivity index (χ1) is 32.5.